The molecule has 0 spiro atoms. The second-order valence-corrected chi connectivity index (χ2v) is 6.00. The number of urea groups is 1. The Balaban J connectivity index is 1.67. The number of benzene rings is 2. The molecule has 26 heavy (non-hydrogen) atoms. The number of ether oxygens (including phenoxy) is 1. The number of carbonyl (C=O) groups excluding carboxylic acids is 1. The molecule has 134 valence electrons. The van der Waals surface area contributed by atoms with E-state index in [1.54, 1.807) is 25.3 Å². The van der Waals surface area contributed by atoms with E-state index in [9.17, 15) is 4.79 Å². The SMILES string of the molecule is COc1cccc(CN(C)C(=O)Nc2ccccc2Cn2cccn2)c1. The van der Waals surface area contributed by atoms with Crippen molar-refractivity contribution >= 4 is 11.7 Å². The predicted molar refractivity (Wildman–Crippen MR) is 101 cm³/mol. The Morgan fingerprint density at radius 1 is 1.19 bits per heavy atom. The Kier molecular flexibility index (Phi) is 5.53. The van der Waals surface area contributed by atoms with E-state index in [0.29, 0.717) is 13.1 Å². The molecule has 3 rings (SSSR count). The van der Waals surface area contributed by atoms with Crippen LogP contribution in [0.5, 0.6) is 5.75 Å². The third kappa shape index (κ3) is 4.42. The van der Waals surface area contributed by atoms with Gasteiger partial charge in [-0.2, -0.15) is 5.10 Å². The van der Waals surface area contributed by atoms with E-state index < -0.39 is 0 Å². The van der Waals surface area contributed by atoms with Crippen molar-refractivity contribution in [3.63, 3.8) is 0 Å². The largest absolute Gasteiger partial charge is 0.497 e. The second kappa shape index (κ2) is 8.20. The van der Waals surface area contributed by atoms with E-state index in [1.807, 2.05) is 65.5 Å². The van der Waals surface area contributed by atoms with Gasteiger partial charge in [0.15, 0.2) is 0 Å². The molecule has 0 radical (unpaired) electrons. The summed E-state index contributed by atoms with van der Waals surface area (Å²) in [5.41, 5.74) is 2.79. The summed E-state index contributed by atoms with van der Waals surface area (Å²) in [7, 11) is 3.40. The number of hydrogen-bond acceptors (Lipinski definition) is 3. The fourth-order valence-corrected chi connectivity index (χ4v) is 2.68. The van der Waals surface area contributed by atoms with E-state index in [0.717, 1.165) is 22.6 Å². The molecular weight excluding hydrogens is 328 g/mol. The molecule has 0 aliphatic heterocycles. The van der Waals surface area contributed by atoms with Crippen LogP contribution in [0.25, 0.3) is 0 Å². The van der Waals surface area contributed by atoms with Crippen LogP contribution < -0.4 is 10.1 Å². The number of amides is 2. The molecule has 2 aromatic carbocycles. The van der Waals surface area contributed by atoms with Crippen molar-refractivity contribution < 1.29 is 9.53 Å². The highest BCUT2D eigenvalue weighted by molar-refractivity contribution is 5.90. The first-order valence-electron chi connectivity index (χ1n) is 8.36. The summed E-state index contributed by atoms with van der Waals surface area (Å²) in [6, 6.07) is 17.2. The van der Waals surface area contributed by atoms with Gasteiger partial charge in [-0.1, -0.05) is 30.3 Å². The lowest BCUT2D eigenvalue weighted by Gasteiger charge is -2.20. The fraction of sp³-hybridized carbons (Fsp3) is 0.200. The third-order valence-corrected chi connectivity index (χ3v) is 4.05. The van der Waals surface area contributed by atoms with Gasteiger partial charge in [-0.25, -0.2) is 4.79 Å². The third-order valence-electron chi connectivity index (χ3n) is 4.05. The van der Waals surface area contributed by atoms with Gasteiger partial charge < -0.3 is 15.0 Å². The molecule has 2 amide bonds. The lowest BCUT2D eigenvalue weighted by atomic mass is 10.1. The van der Waals surface area contributed by atoms with E-state index in [1.165, 1.54) is 0 Å². The van der Waals surface area contributed by atoms with Crippen LogP contribution >= 0.6 is 0 Å². The number of anilines is 1. The topological polar surface area (TPSA) is 59.4 Å². The number of para-hydroxylation sites is 1. The van der Waals surface area contributed by atoms with Gasteiger partial charge in [-0.15, -0.1) is 0 Å². The van der Waals surface area contributed by atoms with E-state index >= 15 is 0 Å². The summed E-state index contributed by atoms with van der Waals surface area (Å²) in [5.74, 6) is 0.779. The minimum absolute atomic E-state index is 0.166. The van der Waals surface area contributed by atoms with E-state index in [4.69, 9.17) is 4.74 Å². The zero-order valence-electron chi connectivity index (χ0n) is 14.9. The van der Waals surface area contributed by atoms with Crippen molar-refractivity contribution in [1.29, 1.82) is 0 Å². The first-order valence-corrected chi connectivity index (χ1v) is 8.36. The minimum atomic E-state index is -0.166. The molecular formula is C20H22N4O2. The Morgan fingerprint density at radius 2 is 2.04 bits per heavy atom. The number of hydrogen-bond donors (Lipinski definition) is 1. The van der Waals surface area contributed by atoms with Gasteiger partial charge in [0.1, 0.15) is 5.75 Å². The molecule has 0 saturated heterocycles. The van der Waals surface area contributed by atoms with Crippen molar-refractivity contribution in [1.82, 2.24) is 14.7 Å². The van der Waals surface area contributed by atoms with Crippen LogP contribution in [0.2, 0.25) is 0 Å². The van der Waals surface area contributed by atoms with Crippen LogP contribution in [-0.2, 0) is 13.1 Å². The molecule has 6 nitrogen and oxygen atoms in total. The molecule has 0 aliphatic carbocycles. The minimum Gasteiger partial charge on any atom is -0.497 e. The Hall–Kier alpha value is -3.28. The monoisotopic (exact) mass is 350 g/mol. The van der Waals surface area contributed by atoms with Gasteiger partial charge in [-0.05, 0) is 35.4 Å². The Bertz CT molecular complexity index is 862. The van der Waals surface area contributed by atoms with Gasteiger partial charge >= 0.3 is 6.03 Å². The Labute approximate surface area is 153 Å². The van der Waals surface area contributed by atoms with E-state index in [2.05, 4.69) is 10.4 Å². The molecule has 3 aromatic rings. The summed E-state index contributed by atoms with van der Waals surface area (Å²) in [4.78, 5) is 14.2. The van der Waals surface area contributed by atoms with Gasteiger partial charge in [0.05, 0.1) is 13.7 Å². The lowest BCUT2D eigenvalue weighted by molar-refractivity contribution is 0.220. The standard InChI is InChI=1S/C20H22N4O2/c1-23(14-16-7-5-9-18(13-16)26-2)20(25)22-19-10-4-3-8-17(19)15-24-12-6-11-21-24/h3-13H,14-15H2,1-2H3,(H,22,25). The molecule has 0 saturated carbocycles. The maximum absolute atomic E-state index is 12.6. The zero-order valence-corrected chi connectivity index (χ0v) is 14.9. The number of methoxy groups -OCH3 is 1. The van der Waals surface area contributed by atoms with Crippen LogP contribution in [0.4, 0.5) is 10.5 Å². The number of nitrogens with zero attached hydrogens (tertiary/aromatic N) is 3. The number of rotatable bonds is 6. The first kappa shape index (κ1) is 17.5. The lowest BCUT2D eigenvalue weighted by Crippen LogP contribution is -2.31. The first-order chi connectivity index (χ1) is 12.7. The van der Waals surface area contributed by atoms with Gasteiger partial charge in [0.25, 0.3) is 0 Å². The number of aromatic nitrogens is 2. The van der Waals surface area contributed by atoms with Crippen molar-refractivity contribution in [2.24, 2.45) is 0 Å². The summed E-state index contributed by atoms with van der Waals surface area (Å²) in [6.45, 7) is 1.09. The summed E-state index contributed by atoms with van der Waals surface area (Å²) < 4.78 is 7.06. The highest BCUT2D eigenvalue weighted by atomic mass is 16.5. The molecule has 0 aliphatic rings. The van der Waals surface area contributed by atoms with Crippen molar-refractivity contribution in [2.45, 2.75) is 13.1 Å². The van der Waals surface area contributed by atoms with Gasteiger partial charge in [0, 0.05) is 31.7 Å². The Morgan fingerprint density at radius 3 is 2.81 bits per heavy atom. The molecule has 0 fully saturated rings. The molecule has 0 unspecified atom stereocenters. The molecule has 0 atom stereocenters. The van der Waals surface area contributed by atoms with Crippen LogP contribution in [-0.4, -0.2) is 34.9 Å². The maximum Gasteiger partial charge on any atom is 0.321 e. The number of carbonyl (C=O) groups is 1. The van der Waals surface area contributed by atoms with Gasteiger partial charge in [-0.3, -0.25) is 4.68 Å². The fourth-order valence-electron chi connectivity index (χ4n) is 2.68. The summed E-state index contributed by atoms with van der Waals surface area (Å²) in [5, 5.41) is 7.21. The molecule has 1 aromatic heterocycles. The van der Waals surface area contributed by atoms with Crippen LogP contribution in [0.3, 0.4) is 0 Å². The second-order valence-electron chi connectivity index (χ2n) is 6.00. The van der Waals surface area contributed by atoms with Crippen LogP contribution in [0.15, 0.2) is 67.0 Å². The van der Waals surface area contributed by atoms with Crippen molar-refractivity contribution in [3.8, 4) is 5.75 Å². The molecule has 0 bridgehead atoms. The summed E-state index contributed by atoms with van der Waals surface area (Å²) in [6.07, 6.45) is 3.64. The average Bonchev–Trinajstić information content (AvgIpc) is 3.16. The smallest absolute Gasteiger partial charge is 0.321 e. The molecule has 6 heteroatoms. The predicted octanol–water partition coefficient (Wildman–Crippen LogP) is 3.60. The molecule has 1 heterocycles. The maximum atomic E-state index is 12.6. The van der Waals surface area contributed by atoms with E-state index in [-0.39, 0.29) is 6.03 Å². The summed E-state index contributed by atoms with van der Waals surface area (Å²) >= 11 is 0. The van der Waals surface area contributed by atoms with Crippen LogP contribution in [0.1, 0.15) is 11.1 Å². The van der Waals surface area contributed by atoms with Crippen LogP contribution in [0, 0.1) is 0 Å². The normalized spacial score (nSPS) is 10.4. The van der Waals surface area contributed by atoms with Crippen molar-refractivity contribution in [3.05, 3.63) is 78.1 Å². The highest BCUT2D eigenvalue weighted by Crippen LogP contribution is 2.18. The highest BCUT2D eigenvalue weighted by Gasteiger charge is 2.12. The zero-order chi connectivity index (χ0) is 18.4. The molecule has 1 N–H and O–H groups in total. The van der Waals surface area contributed by atoms with Gasteiger partial charge in [0.2, 0.25) is 0 Å². The quantitative estimate of drug-likeness (QED) is 0.739. The van der Waals surface area contributed by atoms with Crippen molar-refractivity contribution in [2.75, 3.05) is 19.5 Å². The number of nitrogens with one attached hydrogen (secondary N) is 1. The average molecular weight is 350 g/mol.